The van der Waals surface area contributed by atoms with Gasteiger partial charge in [-0.1, -0.05) is 0 Å². The molecule has 0 aromatic rings. The maximum Gasteiger partial charge on any atom is 0.242 e. The Morgan fingerprint density at radius 2 is 1.82 bits per heavy atom. The lowest BCUT2D eigenvalue weighted by Crippen LogP contribution is -2.57. The molecule has 2 bridgehead atoms. The summed E-state index contributed by atoms with van der Waals surface area (Å²) in [4.78, 5) is 36.7. The van der Waals surface area contributed by atoms with Crippen LogP contribution in [0.2, 0.25) is 0 Å². The van der Waals surface area contributed by atoms with Crippen LogP contribution in [0.1, 0.15) is 38.5 Å². The molecular formula is C13H15NO3. The number of fused-ring (bicyclic) bond motifs is 1. The lowest BCUT2D eigenvalue weighted by Gasteiger charge is -2.52. The standard InChI is InChI=1S/C13H15NO3/c15-10-1-2-11(16)14(10)12(17)13-5-7-3-8(6-13)9(13)4-7/h7-9H,1-6H2. The van der Waals surface area contributed by atoms with Crippen LogP contribution in [0.5, 0.6) is 0 Å². The fourth-order valence-corrected chi connectivity index (χ4v) is 4.88. The zero-order chi connectivity index (χ0) is 11.8. The Hall–Kier alpha value is -1.19. The molecule has 0 N–H and O–H groups in total. The molecule has 90 valence electrons. The van der Waals surface area contributed by atoms with Crippen molar-refractivity contribution in [3.63, 3.8) is 0 Å². The highest BCUT2D eigenvalue weighted by atomic mass is 16.2. The van der Waals surface area contributed by atoms with Crippen molar-refractivity contribution in [1.82, 2.24) is 4.90 Å². The summed E-state index contributed by atoms with van der Waals surface area (Å²) in [5.41, 5.74) is -0.316. The molecule has 0 spiro atoms. The van der Waals surface area contributed by atoms with Gasteiger partial charge in [-0.2, -0.15) is 0 Å². The van der Waals surface area contributed by atoms with E-state index in [-0.39, 0.29) is 36.0 Å². The fraction of sp³-hybridized carbons (Fsp3) is 0.769. The van der Waals surface area contributed by atoms with Gasteiger partial charge in [0, 0.05) is 12.8 Å². The summed E-state index contributed by atoms with van der Waals surface area (Å²) >= 11 is 0. The minimum Gasteiger partial charge on any atom is -0.274 e. The van der Waals surface area contributed by atoms with Gasteiger partial charge >= 0.3 is 0 Å². The van der Waals surface area contributed by atoms with Crippen molar-refractivity contribution >= 4 is 17.7 Å². The highest BCUT2D eigenvalue weighted by Crippen LogP contribution is 2.71. The quantitative estimate of drug-likeness (QED) is 0.637. The van der Waals surface area contributed by atoms with Crippen molar-refractivity contribution in [3.05, 3.63) is 0 Å². The molecule has 17 heavy (non-hydrogen) atoms. The van der Waals surface area contributed by atoms with Gasteiger partial charge in [0.2, 0.25) is 17.7 Å². The summed E-state index contributed by atoms with van der Waals surface area (Å²) in [6.45, 7) is 0. The summed E-state index contributed by atoms with van der Waals surface area (Å²) in [5.74, 6) is 1.14. The van der Waals surface area contributed by atoms with Crippen LogP contribution in [0.15, 0.2) is 0 Å². The van der Waals surface area contributed by atoms with E-state index in [1.165, 1.54) is 6.42 Å². The number of amides is 3. The van der Waals surface area contributed by atoms with Crippen LogP contribution >= 0.6 is 0 Å². The number of nitrogens with zero attached hydrogens (tertiary/aromatic N) is 1. The minimum absolute atomic E-state index is 0.159. The Bertz CT molecular complexity index is 442. The summed E-state index contributed by atoms with van der Waals surface area (Å²) in [7, 11) is 0. The first-order chi connectivity index (χ1) is 8.12. The number of hydrogen-bond donors (Lipinski definition) is 0. The average Bonchev–Trinajstić information content (AvgIpc) is 2.89. The Morgan fingerprint density at radius 3 is 2.35 bits per heavy atom. The fourth-order valence-electron chi connectivity index (χ4n) is 4.88. The van der Waals surface area contributed by atoms with Gasteiger partial charge < -0.3 is 0 Å². The molecule has 0 radical (unpaired) electrons. The Labute approximate surface area is 99.3 Å². The van der Waals surface area contributed by atoms with E-state index in [9.17, 15) is 14.4 Å². The molecule has 1 aliphatic heterocycles. The molecule has 3 saturated carbocycles. The summed E-state index contributed by atoms with van der Waals surface area (Å²) in [6, 6.07) is 0. The van der Waals surface area contributed by atoms with Crippen molar-refractivity contribution < 1.29 is 14.4 Å². The minimum atomic E-state index is -0.316. The third kappa shape index (κ3) is 0.980. The van der Waals surface area contributed by atoms with Crippen LogP contribution < -0.4 is 0 Å². The molecular weight excluding hydrogens is 218 g/mol. The predicted molar refractivity (Wildman–Crippen MR) is 57.5 cm³/mol. The average molecular weight is 233 g/mol. The van der Waals surface area contributed by atoms with Gasteiger partial charge in [0.15, 0.2) is 0 Å². The normalized spacial score (nSPS) is 46.6. The SMILES string of the molecule is O=C1CCC(=O)N1C(=O)C12CC3CC(C1)C2C3. The molecule has 4 heteroatoms. The number of rotatable bonds is 1. The van der Waals surface area contributed by atoms with Gasteiger partial charge in [-0.05, 0) is 43.4 Å². The van der Waals surface area contributed by atoms with Crippen molar-refractivity contribution in [3.8, 4) is 0 Å². The smallest absolute Gasteiger partial charge is 0.242 e. The van der Waals surface area contributed by atoms with Crippen LogP contribution in [0.4, 0.5) is 0 Å². The van der Waals surface area contributed by atoms with E-state index in [2.05, 4.69) is 0 Å². The zero-order valence-electron chi connectivity index (χ0n) is 9.65. The Balaban J connectivity index is 1.66. The largest absolute Gasteiger partial charge is 0.274 e. The summed E-state index contributed by atoms with van der Waals surface area (Å²) in [6.07, 6.45) is 4.69. The second-order valence-electron chi connectivity index (χ2n) is 6.20. The van der Waals surface area contributed by atoms with Crippen LogP contribution in [0.25, 0.3) is 0 Å². The Morgan fingerprint density at radius 1 is 1.12 bits per heavy atom. The topological polar surface area (TPSA) is 54.5 Å². The molecule has 4 aliphatic rings. The maximum atomic E-state index is 12.5. The van der Waals surface area contributed by atoms with E-state index in [1.807, 2.05) is 0 Å². The van der Waals surface area contributed by atoms with Gasteiger partial charge in [-0.3, -0.25) is 14.4 Å². The number of carbonyl (C=O) groups is 3. The third-order valence-corrected chi connectivity index (χ3v) is 5.46. The maximum absolute atomic E-state index is 12.5. The Kier molecular flexibility index (Phi) is 1.61. The van der Waals surface area contributed by atoms with Crippen molar-refractivity contribution in [2.75, 3.05) is 0 Å². The molecule has 1 saturated heterocycles. The first-order valence-electron chi connectivity index (χ1n) is 6.52. The van der Waals surface area contributed by atoms with Crippen molar-refractivity contribution in [1.29, 1.82) is 0 Å². The molecule has 1 heterocycles. The van der Waals surface area contributed by atoms with E-state index in [1.54, 1.807) is 0 Å². The molecule has 3 amide bonds. The van der Waals surface area contributed by atoms with Crippen LogP contribution in [0.3, 0.4) is 0 Å². The number of hydrogen-bond acceptors (Lipinski definition) is 3. The van der Waals surface area contributed by atoms with E-state index in [0.29, 0.717) is 17.8 Å². The molecule has 0 aromatic carbocycles. The van der Waals surface area contributed by atoms with E-state index in [4.69, 9.17) is 0 Å². The molecule has 4 atom stereocenters. The molecule has 4 unspecified atom stereocenters. The molecule has 4 nitrogen and oxygen atoms in total. The monoisotopic (exact) mass is 233 g/mol. The van der Waals surface area contributed by atoms with Gasteiger partial charge in [-0.25, -0.2) is 4.90 Å². The molecule has 4 rings (SSSR count). The van der Waals surface area contributed by atoms with E-state index < -0.39 is 0 Å². The van der Waals surface area contributed by atoms with Crippen molar-refractivity contribution in [2.45, 2.75) is 38.5 Å². The van der Waals surface area contributed by atoms with Crippen LogP contribution in [0, 0.1) is 23.2 Å². The number of carbonyl (C=O) groups excluding carboxylic acids is 3. The highest BCUT2D eigenvalue weighted by Gasteiger charge is 2.69. The lowest BCUT2D eigenvalue weighted by atomic mass is 9.52. The number of imide groups is 3. The molecule has 0 aromatic heterocycles. The summed E-state index contributed by atoms with van der Waals surface area (Å²) in [5, 5.41) is 0. The van der Waals surface area contributed by atoms with Crippen molar-refractivity contribution in [2.24, 2.45) is 23.2 Å². The van der Waals surface area contributed by atoms with Gasteiger partial charge in [0.25, 0.3) is 0 Å². The second-order valence-corrected chi connectivity index (χ2v) is 6.20. The second kappa shape index (κ2) is 2.79. The third-order valence-electron chi connectivity index (χ3n) is 5.46. The number of likely N-dealkylation sites (tertiary alicyclic amines) is 1. The van der Waals surface area contributed by atoms with Gasteiger partial charge in [0.05, 0.1) is 5.41 Å². The predicted octanol–water partition coefficient (Wildman–Crippen LogP) is 1.10. The van der Waals surface area contributed by atoms with Gasteiger partial charge in [0.1, 0.15) is 0 Å². The first-order valence-corrected chi connectivity index (χ1v) is 6.52. The van der Waals surface area contributed by atoms with E-state index in [0.717, 1.165) is 24.2 Å². The van der Waals surface area contributed by atoms with Crippen LogP contribution in [-0.2, 0) is 14.4 Å². The van der Waals surface area contributed by atoms with Crippen LogP contribution in [-0.4, -0.2) is 22.6 Å². The molecule has 3 aliphatic carbocycles. The first kappa shape index (κ1) is 9.80. The highest BCUT2D eigenvalue weighted by molar-refractivity contribution is 6.16. The van der Waals surface area contributed by atoms with E-state index >= 15 is 0 Å². The lowest BCUT2D eigenvalue weighted by molar-refractivity contribution is -0.167. The zero-order valence-corrected chi connectivity index (χ0v) is 9.65. The molecule has 4 fully saturated rings. The summed E-state index contributed by atoms with van der Waals surface area (Å²) < 4.78 is 0. The van der Waals surface area contributed by atoms with Gasteiger partial charge in [-0.15, -0.1) is 0 Å².